The molecule has 0 aromatic carbocycles. The second kappa shape index (κ2) is 4.61. The van der Waals surface area contributed by atoms with Crippen molar-refractivity contribution in [2.45, 2.75) is 6.92 Å². The van der Waals surface area contributed by atoms with Crippen LogP contribution in [0.1, 0.15) is 5.56 Å². The van der Waals surface area contributed by atoms with Crippen LogP contribution >= 0.6 is 11.5 Å². The first-order valence-electron chi connectivity index (χ1n) is 4.60. The molecule has 0 saturated heterocycles. The maximum absolute atomic E-state index is 5.70. The predicted octanol–water partition coefficient (Wildman–Crippen LogP) is 1.03. The molecule has 0 aliphatic carbocycles. The van der Waals surface area contributed by atoms with Crippen molar-refractivity contribution in [2.24, 2.45) is 0 Å². The van der Waals surface area contributed by atoms with Gasteiger partial charge in [-0.1, -0.05) is 0 Å². The van der Waals surface area contributed by atoms with Crippen LogP contribution < -0.4 is 10.6 Å². The van der Waals surface area contributed by atoms with Gasteiger partial charge < -0.3 is 15.5 Å². The van der Waals surface area contributed by atoms with Crippen molar-refractivity contribution in [3.05, 3.63) is 5.56 Å². The minimum absolute atomic E-state index is 0.654. The molecule has 0 spiro atoms. The molecular weight excluding hydrogens is 196 g/mol. The van der Waals surface area contributed by atoms with Crippen molar-refractivity contribution in [3.63, 3.8) is 0 Å². The van der Waals surface area contributed by atoms with Crippen molar-refractivity contribution in [2.75, 3.05) is 44.9 Å². The first kappa shape index (κ1) is 11.3. The van der Waals surface area contributed by atoms with Gasteiger partial charge in [0.1, 0.15) is 10.8 Å². The third kappa shape index (κ3) is 2.59. The highest BCUT2D eigenvalue weighted by atomic mass is 32.1. The van der Waals surface area contributed by atoms with Gasteiger partial charge in [0.05, 0.1) is 0 Å². The molecule has 5 heteroatoms. The molecule has 0 saturated carbocycles. The average Bonchev–Trinajstić information content (AvgIpc) is 2.44. The zero-order chi connectivity index (χ0) is 10.7. The minimum atomic E-state index is 0.654. The quantitative estimate of drug-likeness (QED) is 0.813. The van der Waals surface area contributed by atoms with E-state index in [2.05, 4.69) is 35.3 Å². The van der Waals surface area contributed by atoms with Crippen LogP contribution in [0, 0.1) is 6.92 Å². The number of nitrogens with zero attached hydrogens (tertiary/aromatic N) is 3. The average molecular weight is 214 g/mol. The van der Waals surface area contributed by atoms with Crippen LogP contribution in [-0.2, 0) is 0 Å². The summed E-state index contributed by atoms with van der Waals surface area (Å²) in [6.07, 6.45) is 0. The number of hydrogen-bond donors (Lipinski definition) is 1. The van der Waals surface area contributed by atoms with Gasteiger partial charge in [-0.3, -0.25) is 0 Å². The summed E-state index contributed by atoms with van der Waals surface area (Å²) < 4.78 is 4.13. The van der Waals surface area contributed by atoms with E-state index in [-0.39, 0.29) is 0 Å². The smallest absolute Gasteiger partial charge is 0.142 e. The summed E-state index contributed by atoms with van der Waals surface area (Å²) in [5.41, 5.74) is 6.79. The highest BCUT2D eigenvalue weighted by Crippen LogP contribution is 2.28. The molecule has 0 aliphatic rings. The lowest BCUT2D eigenvalue weighted by molar-refractivity contribution is 0.417. The van der Waals surface area contributed by atoms with Crippen LogP contribution in [0.3, 0.4) is 0 Å². The monoisotopic (exact) mass is 214 g/mol. The van der Waals surface area contributed by atoms with Crippen molar-refractivity contribution >= 4 is 22.4 Å². The summed E-state index contributed by atoms with van der Waals surface area (Å²) in [4.78, 5) is 4.36. The number of nitrogens with two attached hydrogens (primary N) is 1. The molecule has 0 amide bonds. The molecule has 80 valence electrons. The van der Waals surface area contributed by atoms with E-state index in [9.17, 15) is 0 Å². The van der Waals surface area contributed by atoms with E-state index >= 15 is 0 Å². The fourth-order valence-electron chi connectivity index (χ4n) is 1.15. The van der Waals surface area contributed by atoms with Crippen LogP contribution in [0.5, 0.6) is 0 Å². The van der Waals surface area contributed by atoms with Crippen LogP contribution in [-0.4, -0.2) is 43.5 Å². The molecule has 0 radical (unpaired) electrons. The second-order valence-electron chi connectivity index (χ2n) is 3.72. The number of nitrogen functional groups attached to an aromatic ring is 1. The van der Waals surface area contributed by atoms with Crippen LogP contribution in [0.25, 0.3) is 0 Å². The predicted molar refractivity (Wildman–Crippen MR) is 63.1 cm³/mol. The van der Waals surface area contributed by atoms with Crippen LogP contribution in [0.2, 0.25) is 0 Å². The zero-order valence-corrected chi connectivity index (χ0v) is 10.1. The van der Waals surface area contributed by atoms with Crippen LogP contribution in [0.4, 0.5) is 10.8 Å². The molecule has 4 nitrogen and oxygen atoms in total. The largest absolute Gasteiger partial charge is 0.383 e. The molecule has 1 aromatic heterocycles. The molecular formula is C9H18N4S. The van der Waals surface area contributed by atoms with E-state index < -0.39 is 0 Å². The van der Waals surface area contributed by atoms with Gasteiger partial charge in [-0.15, -0.1) is 0 Å². The summed E-state index contributed by atoms with van der Waals surface area (Å²) in [5, 5.41) is 1.17. The third-order valence-electron chi connectivity index (χ3n) is 2.16. The highest BCUT2D eigenvalue weighted by Gasteiger charge is 2.10. The summed E-state index contributed by atoms with van der Waals surface area (Å²) in [5.74, 6) is 0.654. The molecule has 1 aromatic rings. The Kier molecular flexibility index (Phi) is 3.71. The Morgan fingerprint density at radius 3 is 2.36 bits per heavy atom. The number of aromatic nitrogens is 1. The fraction of sp³-hybridized carbons (Fsp3) is 0.667. The number of hydrogen-bond acceptors (Lipinski definition) is 5. The van der Waals surface area contributed by atoms with Gasteiger partial charge in [-0.2, -0.15) is 4.37 Å². The summed E-state index contributed by atoms with van der Waals surface area (Å²) in [6.45, 7) is 4.05. The van der Waals surface area contributed by atoms with E-state index in [4.69, 9.17) is 5.73 Å². The zero-order valence-electron chi connectivity index (χ0n) is 9.24. The molecule has 0 unspecified atom stereocenters. The van der Waals surface area contributed by atoms with E-state index in [0.29, 0.717) is 5.82 Å². The summed E-state index contributed by atoms with van der Waals surface area (Å²) in [7, 11) is 6.22. The van der Waals surface area contributed by atoms with Gasteiger partial charge in [0.25, 0.3) is 0 Å². The van der Waals surface area contributed by atoms with E-state index in [1.165, 1.54) is 16.5 Å². The Hall–Kier alpha value is -0.810. The Bertz CT molecular complexity index is 295. The fourth-order valence-corrected chi connectivity index (χ4v) is 1.94. The van der Waals surface area contributed by atoms with Crippen LogP contribution in [0.15, 0.2) is 0 Å². The van der Waals surface area contributed by atoms with Crippen molar-refractivity contribution in [1.82, 2.24) is 9.27 Å². The number of rotatable bonds is 4. The van der Waals surface area contributed by atoms with Gasteiger partial charge in [0.15, 0.2) is 0 Å². The molecule has 2 N–H and O–H groups in total. The lowest BCUT2D eigenvalue weighted by atomic mass is 10.3. The Morgan fingerprint density at radius 2 is 1.93 bits per heavy atom. The van der Waals surface area contributed by atoms with Gasteiger partial charge in [0.2, 0.25) is 0 Å². The van der Waals surface area contributed by atoms with E-state index in [1.807, 2.05) is 6.92 Å². The van der Waals surface area contributed by atoms with Crippen molar-refractivity contribution in [3.8, 4) is 0 Å². The SMILES string of the molecule is Cc1c(N)nsc1N(C)CCN(C)C. The van der Waals surface area contributed by atoms with Crippen molar-refractivity contribution < 1.29 is 0 Å². The van der Waals surface area contributed by atoms with E-state index in [0.717, 1.165) is 18.7 Å². The lowest BCUT2D eigenvalue weighted by Gasteiger charge is -2.20. The summed E-state index contributed by atoms with van der Waals surface area (Å²) in [6, 6.07) is 0. The molecule has 0 aliphatic heterocycles. The highest BCUT2D eigenvalue weighted by molar-refractivity contribution is 7.10. The molecule has 0 atom stereocenters. The molecule has 0 fully saturated rings. The van der Waals surface area contributed by atoms with Gasteiger partial charge in [0, 0.05) is 25.7 Å². The second-order valence-corrected chi connectivity index (χ2v) is 4.47. The normalized spacial score (nSPS) is 10.9. The van der Waals surface area contributed by atoms with Gasteiger partial charge in [-0.25, -0.2) is 0 Å². The number of anilines is 2. The van der Waals surface area contributed by atoms with Crippen molar-refractivity contribution in [1.29, 1.82) is 0 Å². The van der Waals surface area contributed by atoms with E-state index in [1.54, 1.807) is 0 Å². The molecule has 0 bridgehead atoms. The number of likely N-dealkylation sites (N-methyl/N-ethyl adjacent to an activating group) is 2. The molecule has 1 rings (SSSR count). The van der Waals surface area contributed by atoms with Gasteiger partial charge >= 0.3 is 0 Å². The maximum atomic E-state index is 5.70. The first-order chi connectivity index (χ1) is 6.52. The Balaban J connectivity index is 2.60. The Labute approximate surface area is 89.5 Å². The topological polar surface area (TPSA) is 45.4 Å². The van der Waals surface area contributed by atoms with Gasteiger partial charge in [-0.05, 0) is 32.6 Å². The standard InChI is InChI=1S/C9H18N4S/c1-7-8(10)11-14-9(7)13(4)6-5-12(2)3/h5-6H2,1-4H3,(H2,10,11). The third-order valence-corrected chi connectivity index (χ3v) is 3.24. The maximum Gasteiger partial charge on any atom is 0.142 e. The summed E-state index contributed by atoms with van der Waals surface area (Å²) >= 11 is 1.47. The lowest BCUT2D eigenvalue weighted by Crippen LogP contribution is -2.28. The molecule has 14 heavy (non-hydrogen) atoms. The first-order valence-corrected chi connectivity index (χ1v) is 5.37. The minimum Gasteiger partial charge on any atom is -0.383 e. The Morgan fingerprint density at radius 1 is 1.29 bits per heavy atom. The molecule has 1 heterocycles.